The van der Waals surface area contributed by atoms with E-state index in [0.717, 1.165) is 32.1 Å². The fourth-order valence-electron chi connectivity index (χ4n) is 6.66. The molecule has 5 rings (SSSR count). The van der Waals surface area contributed by atoms with Crippen molar-refractivity contribution in [3.63, 3.8) is 0 Å². The number of aromatic hydroxyl groups is 2. The monoisotopic (exact) mass is 364 g/mol. The predicted molar refractivity (Wildman–Crippen MR) is 105 cm³/mol. The molecule has 2 fully saturated rings. The molecule has 0 heterocycles. The van der Waals surface area contributed by atoms with Crippen LogP contribution in [0.2, 0.25) is 0 Å². The van der Waals surface area contributed by atoms with Gasteiger partial charge >= 0.3 is 0 Å². The van der Waals surface area contributed by atoms with E-state index in [-0.39, 0.29) is 11.5 Å². The summed E-state index contributed by atoms with van der Waals surface area (Å²) >= 11 is 0. The van der Waals surface area contributed by atoms with Gasteiger partial charge in [0.2, 0.25) is 0 Å². The van der Waals surface area contributed by atoms with E-state index in [9.17, 15) is 15.3 Å². The average Bonchev–Trinajstić information content (AvgIpc) is 2.96. The Bertz CT molecular complexity index is 858. The molecule has 0 saturated heterocycles. The van der Waals surface area contributed by atoms with Crippen LogP contribution in [0.4, 0.5) is 0 Å². The molecule has 0 aliphatic heterocycles. The van der Waals surface area contributed by atoms with Gasteiger partial charge < -0.3 is 15.3 Å². The van der Waals surface area contributed by atoms with Crippen molar-refractivity contribution in [1.82, 2.24) is 0 Å². The van der Waals surface area contributed by atoms with E-state index in [0.29, 0.717) is 35.2 Å². The molecule has 0 radical (unpaired) electrons. The summed E-state index contributed by atoms with van der Waals surface area (Å²) in [4.78, 5) is 0. The largest absolute Gasteiger partial charge is 0.508 e. The summed E-state index contributed by atoms with van der Waals surface area (Å²) in [6.45, 7) is 2.30. The lowest BCUT2D eigenvalue weighted by Crippen LogP contribution is -2.46. The molecule has 0 amide bonds. The van der Waals surface area contributed by atoms with Gasteiger partial charge in [0.15, 0.2) is 0 Å². The lowest BCUT2D eigenvalue weighted by Gasteiger charge is -2.53. The number of aliphatic hydroxyl groups excluding tert-OH is 1. The second kappa shape index (κ2) is 6.00. The Morgan fingerprint density at radius 1 is 0.889 bits per heavy atom. The minimum Gasteiger partial charge on any atom is -0.508 e. The van der Waals surface area contributed by atoms with E-state index in [1.54, 1.807) is 12.1 Å². The van der Waals surface area contributed by atoms with E-state index in [1.165, 1.54) is 16.7 Å². The maximum Gasteiger partial charge on any atom is 0.115 e. The summed E-state index contributed by atoms with van der Waals surface area (Å²) in [6.07, 6.45) is 4.91. The third-order valence-corrected chi connectivity index (χ3v) is 8.03. The average molecular weight is 364 g/mol. The van der Waals surface area contributed by atoms with Crippen molar-refractivity contribution in [1.29, 1.82) is 0 Å². The third-order valence-electron chi connectivity index (χ3n) is 8.03. The highest BCUT2D eigenvalue weighted by Crippen LogP contribution is 2.63. The van der Waals surface area contributed by atoms with Crippen LogP contribution in [0, 0.1) is 17.3 Å². The molecule has 0 spiro atoms. The van der Waals surface area contributed by atoms with Gasteiger partial charge in [-0.15, -0.1) is 0 Å². The molecule has 0 aromatic heterocycles. The van der Waals surface area contributed by atoms with Crippen molar-refractivity contribution in [2.24, 2.45) is 17.3 Å². The summed E-state index contributed by atoms with van der Waals surface area (Å²) in [5.41, 5.74) is 3.94. The Labute approximate surface area is 160 Å². The van der Waals surface area contributed by atoms with Gasteiger partial charge in [0.25, 0.3) is 0 Å². The third kappa shape index (κ3) is 2.51. The first-order chi connectivity index (χ1) is 13.0. The Morgan fingerprint density at radius 2 is 1.63 bits per heavy atom. The number of hydrogen-bond acceptors (Lipinski definition) is 3. The van der Waals surface area contributed by atoms with E-state index >= 15 is 0 Å². The van der Waals surface area contributed by atoms with Gasteiger partial charge in [-0.1, -0.05) is 25.1 Å². The first-order valence-electron chi connectivity index (χ1n) is 10.3. The van der Waals surface area contributed by atoms with Crippen LogP contribution in [-0.2, 0) is 6.42 Å². The maximum atomic E-state index is 10.7. The molecule has 3 aliphatic carbocycles. The van der Waals surface area contributed by atoms with Gasteiger partial charge in [-0.3, -0.25) is 0 Å². The number of rotatable bonds is 1. The van der Waals surface area contributed by atoms with Gasteiger partial charge in [-0.2, -0.15) is 0 Å². The normalized spacial score (nSPS) is 37.3. The number of phenols is 2. The van der Waals surface area contributed by atoms with Crippen LogP contribution < -0.4 is 0 Å². The molecule has 3 N–H and O–H groups in total. The second-order valence-corrected chi connectivity index (χ2v) is 9.21. The van der Waals surface area contributed by atoms with Crippen molar-refractivity contribution in [2.45, 2.75) is 57.0 Å². The highest BCUT2D eigenvalue weighted by Gasteiger charge is 2.56. The Balaban J connectivity index is 1.64. The van der Waals surface area contributed by atoms with Crippen molar-refractivity contribution in [3.8, 4) is 11.5 Å². The van der Waals surface area contributed by atoms with Gasteiger partial charge in [-0.25, -0.2) is 0 Å². The summed E-state index contributed by atoms with van der Waals surface area (Å²) in [5.74, 6) is 2.51. The minimum atomic E-state index is -0.190. The van der Waals surface area contributed by atoms with Gasteiger partial charge in [-0.05, 0) is 102 Å². The summed E-state index contributed by atoms with van der Waals surface area (Å²) < 4.78 is 0. The zero-order valence-corrected chi connectivity index (χ0v) is 15.8. The Morgan fingerprint density at radius 3 is 2.41 bits per heavy atom. The number of aliphatic hydroxyl groups is 1. The molecule has 3 nitrogen and oxygen atoms in total. The molecule has 27 heavy (non-hydrogen) atoms. The SMILES string of the molecule is C[C@]12CC[C@@H]3c4ccc(O)cc4C[C@@H](c4ccc(O)cc4)[C@H]3[C@@H]1CC[C@@H]2O. The highest BCUT2D eigenvalue weighted by molar-refractivity contribution is 5.44. The molecule has 2 aromatic carbocycles. The molecule has 3 heteroatoms. The van der Waals surface area contributed by atoms with Crippen LogP contribution in [0.3, 0.4) is 0 Å². The predicted octanol–water partition coefficient (Wildman–Crippen LogP) is 4.71. The lowest BCUT2D eigenvalue weighted by molar-refractivity contribution is -0.0282. The standard InChI is InChI=1S/C24H28O3/c1-24-11-10-19-18-7-6-17(26)12-15(18)13-20(14-2-4-16(25)5-3-14)23(19)21(24)8-9-22(24)27/h2-7,12,19-23,25-27H,8-11,13H2,1H3/t19-,20+,21+,22+,23+,24+/m1/s1. The van der Waals surface area contributed by atoms with E-state index in [4.69, 9.17) is 0 Å². The molecule has 6 atom stereocenters. The number of hydrogen-bond donors (Lipinski definition) is 3. The quantitative estimate of drug-likeness (QED) is 0.687. The fourth-order valence-corrected chi connectivity index (χ4v) is 6.66. The zero-order valence-electron chi connectivity index (χ0n) is 15.8. The van der Waals surface area contributed by atoms with Crippen LogP contribution in [-0.4, -0.2) is 21.4 Å². The molecular formula is C24H28O3. The summed E-state index contributed by atoms with van der Waals surface area (Å²) in [7, 11) is 0. The Hall–Kier alpha value is -2.00. The summed E-state index contributed by atoms with van der Waals surface area (Å²) in [5, 5.41) is 30.5. The number of benzene rings is 2. The van der Waals surface area contributed by atoms with Crippen molar-refractivity contribution >= 4 is 0 Å². The highest BCUT2D eigenvalue weighted by atomic mass is 16.3. The number of phenolic OH excluding ortho intramolecular Hbond substituents is 2. The van der Waals surface area contributed by atoms with Crippen molar-refractivity contribution in [3.05, 3.63) is 59.2 Å². The topological polar surface area (TPSA) is 60.7 Å². The molecule has 2 saturated carbocycles. The fraction of sp³-hybridized carbons (Fsp3) is 0.500. The van der Waals surface area contributed by atoms with E-state index in [2.05, 4.69) is 25.1 Å². The van der Waals surface area contributed by atoms with Crippen LogP contribution in [0.25, 0.3) is 0 Å². The van der Waals surface area contributed by atoms with Crippen LogP contribution in [0.1, 0.15) is 61.1 Å². The van der Waals surface area contributed by atoms with E-state index < -0.39 is 0 Å². The van der Waals surface area contributed by atoms with Crippen LogP contribution in [0.5, 0.6) is 11.5 Å². The number of fused-ring (bicyclic) bond motifs is 5. The van der Waals surface area contributed by atoms with Crippen molar-refractivity contribution < 1.29 is 15.3 Å². The van der Waals surface area contributed by atoms with Crippen molar-refractivity contribution in [2.75, 3.05) is 0 Å². The van der Waals surface area contributed by atoms with Gasteiger partial charge in [0.05, 0.1) is 6.10 Å². The maximum absolute atomic E-state index is 10.7. The molecule has 2 aromatic rings. The van der Waals surface area contributed by atoms with E-state index in [1.807, 2.05) is 12.1 Å². The smallest absolute Gasteiger partial charge is 0.115 e. The Kier molecular flexibility index (Phi) is 3.80. The molecular weight excluding hydrogens is 336 g/mol. The second-order valence-electron chi connectivity index (χ2n) is 9.21. The first kappa shape index (κ1) is 17.1. The molecule has 0 bridgehead atoms. The van der Waals surface area contributed by atoms with Crippen LogP contribution >= 0.6 is 0 Å². The summed E-state index contributed by atoms with van der Waals surface area (Å²) in [6, 6.07) is 13.6. The first-order valence-corrected chi connectivity index (χ1v) is 10.3. The molecule has 3 aliphatic rings. The van der Waals surface area contributed by atoms with Crippen LogP contribution in [0.15, 0.2) is 42.5 Å². The molecule has 142 valence electrons. The van der Waals surface area contributed by atoms with Gasteiger partial charge in [0.1, 0.15) is 11.5 Å². The minimum absolute atomic E-state index is 0.0186. The lowest BCUT2D eigenvalue weighted by atomic mass is 9.51. The zero-order chi connectivity index (χ0) is 18.8. The molecule has 0 unspecified atom stereocenters. The van der Waals surface area contributed by atoms with Gasteiger partial charge in [0, 0.05) is 0 Å².